The summed E-state index contributed by atoms with van der Waals surface area (Å²) in [5.41, 5.74) is 2.27. The van der Waals surface area contributed by atoms with Crippen LogP contribution in [-0.4, -0.2) is 40.7 Å². The molecule has 1 unspecified atom stereocenters. The lowest BCUT2D eigenvalue weighted by atomic mass is 9.81. The Balaban J connectivity index is 1.43. The summed E-state index contributed by atoms with van der Waals surface area (Å²) in [5, 5.41) is 14.0. The first-order chi connectivity index (χ1) is 13.1. The van der Waals surface area contributed by atoms with Crippen LogP contribution in [-0.2, 0) is 6.42 Å². The summed E-state index contributed by atoms with van der Waals surface area (Å²) in [7, 11) is 0. The monoisotopic (exact) mass is 367 g/mol. The van der Waals surface area contributed by atoms with Crippen molar-refractivity contribution in [3.63, 3.8) is 0 Å². The van der Waals surface area contributed by atoms with Gasteiger partial charge in [-0.1, -0.05) is 18.2 Å². The van der Waals surface area contributed by atoms with E-state index in [1.807, 2.05) is 30.5 Å². The number of aliphatic hydroxyl groups is 1. The molecule has 0 spiro atoms. The zero-order chi connectivity index (χ0) is 18.9. The summed E-state index contributed by atoms with van der Waals surface area (Å²) >= 11 is 0. The number of nitrogens with one attached hydrogen (secondary N) is 2. The zero-order valence-electron chi connectivity index (χ0n) is 14.9. The van der Waals surface area contributed by atoms with Crippen molar-refractivity contribution in [3.05, 3.63) is 66.1 Å². The highest BCUT2D eigenvalue weighted by Crippen LogP contribution is 2.34. The van der Waals surface area contributed by atoms with Gasteiger partial charge in [-0.05, 0) is 54.1 Å². The van der Waals surface area contributed by atoms with E-state index < -0.39 is 5.41 Å². The van der Waals surface area contributed by atoms with E-state index in [1.165, 1.54) is 12.1 Å². The average Bonchev–Trinajstić information content (AvgIpc) is 3.31. The quantitative estimate of drug-likeness (QED) is 0.657. The maximum Gasteiger partial charge on any atom is 0.321 e. The number of aromatic amines is 1. The molecular weight excluding hydrogens is 345 g/mol. The second kappa shape index (κ2) is 7.04. The number of rotatable bonds is 4. The van der Waals surface area contributed by atoms with Crippen LogP contribution in [0.25, 0.3) is 10.9 Å². The fourth-order valence-corrected chi connectivity index (χ4v) is 3.80. The Morgan fingerprint density at radius 1 is 1.22 bits per heavy atom. The molecule has 1 aliphatic rings. The first-order valence-corrected chi connectivity index (χ1v) is 9.05. The third-order valence-corrected chi connectivity index (χ3v) is 5.36. The van der Waals surface area contributed by atoms with Crippen LogP contribution < -0.4 is 5.32 Å². The van der Waals surface area contributed by atoms with Gasteiger partial charge < -0.3 is 20.3 Å². The van der Waals surface area contributed by atoms with Gasteiger partial charge in [0.1, 0.15) is 5.82 Å². The van der Waals surface area contributed by atoms with E-state index in [-0.39, 0.29) is 18.5 Å². The van der Waals surface area contributed by atoms with Gasteiger partial charge in [0, 0.05) is 35.9 Å². The summed E-state index contributed by atoms with van der Waals surface area (Å²) in [4.78, 5) is 17.5. The van der Waals surface area contributed by atoms with Crippen LogP contribution in [0.1, 0.15) is 12.0 Å². The van der Waals surface area contributed by atoms with Gasteiger partial charge in [-0.15, -0.1) is 0 Å². The average molecular weight is 367 g/mol. The number of aromatic nitrogens is 1. The lowest BCUT2D eigenvalue weighted by Gasteiger charge is -2.27. The minimum Gasteiger partial charge on any atom is -0.396 e. The van der Waals surface area contributed by atoms with E-state index in [9.17, 15) is 14.3 Å². The smallest absolute Gasteiger partial charge is 0.321 e. The van der Waals surface area contributed by atoms with Gasteiger partial charge in [0.25, 0.3) is 0 Å². The van der Waals surface area contributed by atoms with Gasteiger partial charge in [0.05, 0.1) is 6.61 Å². The number of aliphatic hydroxyl groups excluding tert-OH is 1. The molecule has 1 saturated heterocycles. The Labute approximate surface area is 156 Å². The van der Waals surface area contributed by atoms with E-state index in [0.717, 1.165) is 22.2 Å². The largest absolute Gasteiger partial charge is 0.396 e. The van der Waals surface area contributed by atoms with Crippen molar-refractivity contribution < 1.29 is 14.3 Å². The molecule has 5 nitrogen and oxygen atoms in total. The summed E-state index contributed by atoms with van der Waals surface area (Å²) in [6.45, 7) is 1.04. The molecule has 1 aliphatic heterocycles. The van der Waals surface area contributed by atoms with E-state index >= 15 is 0 Å². The Kier molecular flexibility index (Phi) is 4.58. The molecule has 2 aromatic carbocycles. The number of fused-ring (bicyclic) bond motifs is 1. The molecule has 0 radical (unpaired) electrons. The standard InChI is InChI=1S/C21H22FN3O2/c22-17-4-1-15(2-5-17)12-21(14-26)8-10-25(13-21)20(27)24-18-6-3-16-7-9-23-19(16)11-18/h1-7,9,11,23,26H,8,10,12-14H2,(H,24,27). The second-order valence-electron chi connectivity index (χ2n) is 7.34. The Morgan fingerprint density at radius 2 is 2.04 bits per heavy atom. The van der Waals surface area contributed by atoms with Crippen molar-refractivity contribution in [2.45, 2.75) is 12.8 Å². The normalized spacial score (nSPS) is 19.6. The number of hydrogen-bond acceptors (Lipinski definition) is 2. The van der Waals surface area contributed by atoms with Crippen LogP contribution in [0.3, 0.4) is 0 Å². The van der Waals surface area contributed by atoms with Crippen molar-refractivity contribution in [1.29, 1.82) is 0 Å². The number of amides is 2. The summed E-state index contributed by atoms with van der Waals surface area (Å²) in [6, 6.07) is 13.9. The highest BCUT2D eigenvalue weighted by molar-refractivity contribution is 5.92. The van der Waals surface area contributed by atoms with Gasteiger partial charge in [-0.25, -0.2) is 9.18 Å². The third-order valence-electron chi connectivity index (χ3n) is 5.36. The van der Waals surface area contributed by atoms with Crippen LogP contribution in [0.4, 0.5) is 14.9 Å². The molecule has 6 heteroatoms. The first kappa shape index (κ1) is 17.5. The minimum atomic E-state index is -0.390. The number of halogens is 1. The van der Waals surface area contributed by atoms with Gasteiger partial charge >= 0.3 is 6.03 Å². The third kappa shape index (κ3) is 3.66. The maximum absolute atomic E-state index is 13.1. The number of nitrogens with zero attached hydrogens (tertiary/aromatic N) is 1. The molecule has 2 heterocycles. The SMILES string of the molecule is O=C(Nc1ccc2cc[nH]c2c1)N1CCC(CO)(Cc2ccc(F)cc2)C1. The minimum absolute atomic E-state index is 0.0113. The van der Waals surface area contributed by atoms with Crippen molar-refractivity contribution in [1.82, 2.24) is 9.88 Å². The van der Waals surface area contributed by atoms with E-state index in [0.29, 0.717) is 25.9 Å². The van der Waals surface area contributed by atoms with Gasteiger partial charge in [-0.2, -0.15) is 0 Å². The molecule has 0 bridgehead atoms. The first-order valence-electron chi connectivity index (χ1n) is 9.05. The molecule has 2 amide bonds. The fourth-order valence-electron chi connectivity index (χ4n) is 3.80. The number of benzene rings is 2. The predicted octanol–water partition coefficient (Wildman–Crippen LogP) is 3.77. The van der Waals surface area contributed by atoms with Crippen molar-refractivity contribution in [3.8, 4) is 0 Å². The summed E-state index contributed by atoms with van der Waals surface area (Å²) in [6.07, 6.45) is 3.19. The molecule has 1 aromatic heterocycles. The molecule has 3 N–H and O–H groups in total. The number of carbonyl (C=O) groups is 1. The summed E-state index contributed by atoms with van der Waals surface area (Å²) in [5.74, 6) is -0.275. The topological polar surface area (TPSA) is 68.4 Å². The predicted molar refractivity (Wildman–Crippen MR) is 103 cm³/mol. The highest BCUT2D eigenvalue weighted by Gasteiger charge is 2.39. The molecular formula is C21H22FN3O2. The number of H-pyrrole nitrogens is 1. The maximum atomic E-state index is 13.1. The van der Waals surface area contributed by atoms with Crippen LogP contribution in [0.5, 0.6) is 0 Å². The molecule has 0 saturated carbocycles. The van der Waals surface area contributed by atoms with E-state index in [4.69, 9.17) is 0 Å². The number of anilines is 1. The number of carbonyl (C=O) groups excluding carboxylic acids is 1. The van der Waals surface area contributed by atoms with Gasteiger partial charge in [0.15, 0.2) is 0 Å². The number of hydrogen-bond donors (Lipinski definition) is 3. The van der Waals surface area contributed by atoms with Crippen LogP contribution >= 0.6 is 0 Å². The molecule has 1 fully saturated rings. The molecule has 140 valence electrons. The molecule has 4 rings (SSSR count). The van der Waals surface area contributed by atoms with Crippen molar-refractivity contribution >= 4 is 22.6 Å². The Bertz CT molecular complexity index is 953. The van der Waals surface area contributed by atoms with E-state index in [1.54, 1.807) is 17.0 Å². The second-order valence-corrected chi connectivity index (χ2v) is 7.34. The van der Waals surface area contributed by atoms with Gasteiger partial charge in [-0.3, -0.25) is 0 Å². The summed E-state index contributed by atoms with van der Waals surface area (Å²) < 4.78 is 13.1. The number of likely N-dealkylation sites (tertiary alicyclic amines) is 1. The van der Waals surface area contributed by atoms with Crippen molar-refractivity contribution in [2.75, 3.05) is 25.0 Å². The van der Waals surface area contributed by atoms with Crippen LogP contribution in [0.2, 0.25) is 0 Å². The number of urea groups is 1. The molecule has 27 heavy (non-hydrogen) atoms. The Hall–Kier alpha value is -2.86. The fraction of sp³-hybridized carbons (Fsp3) is 0.286. The molecule has 0 aliphatic carbocycles. The Morgan fingerprint density at radius 3 is 2.81 bits per heavy atom. The van der Waals surface area contributed by atoms with Gasteiger partial charge in [0.2, 0.25) is 0 Å². The highest BCUT2D eigenvalue weighted by atomic mass is 19.1. The lowest BCUT2D eigenvalue weighted by Crippen LogP contribution is -2.37. The zero-order valence-corrected chi connectivity index (χ0v) is 14.9. The van der Waals surface area contributed by atoms with Crippen molar-refractivity contribution in [2.24, 2.45) is 5.41 Å². The molecule has 3 aromatic rings. The van der Waals surface area contributed by atoms with Crippen LogP contribution in [0, 0.1) is 11.2 Å². The van der Waals surface area contributed by atoms with Crippen LogP contribution in [0.15, 0.2) is 54.7 Å². The lowest BCUT2D eigenvalue weighted by molar-refractivity contribution is 0.132. The molecule has 1 atom stereocenters. The van der Waals surface area contributed by atoms with E-state index in [2.05, 4.69) is 10.3 Å².